The Kier molecular flexibility index (Phi) is 5.78. The molecule has 1 aromatic carbocycles. The number of rotatable bonds is 6. The van der Waals surface area contributed by atoms with Crippen LogP contribution in [0.1, 0.15) is 42.4 Å². The van der Waals surface area contributed by atoms with Crippen molar-refractivity contribution >= 4 is 17.5 Å². The number of carbonyl (C=O) groups is 2. The third kappa shape index (κ3) is 3.97. The van der Waals surface area contributed by atoms with Crippen LogP contribution < -0.4 is 9.64 Å². The Morgan fingerprint density at radius 3 is 2.81 bits per heavy atom. The number of aromatic amines is 1. The van der Waals surface area contributed by atoms with Crippen LogP contribution in [-0.2, 0) is 4.79 Å². The molecule has 1 aromatic heterocycles. The van der Waals surface area contributed by atoms with Crippen LogP contribution in [0.25, 0.3) is 0 Å². The average molecular weight is 370 g/mol. The minimum Gasteiger partial charge on any atom is -0.495 e. The van der Waals surface area contributed by atoms with E-state index in [1.165, 1.54) is 0 Å². The molecule has 2 aromatic rings. The number of nitrogens with one attached hydrogen (secondary N) is 1. The smallest absolute Gasteiger partial charge is 0.275 e. The number of amides is 2. The molecule has 1 aliphatic rings. The second-order valence-corrected chi connectivity index (χ2v) is 6.84. The van der Waals surface area contributed by atoms with Crippen molar-refractivity contribution in [3.63, 3.8) is 0 Å². The van der Waals surface area contributed by atoms with Crippen molar-refractivity contribution in [3.8, 4) is 5.75 Å². The van der Waals surface area contributed by atoms with Gasteiger partial charge in [0.05, 0.1) is 18.8 Å². The summed E-state index contributed by atoms with van der Waals surface area (Å²) in [6.45, 7) is 4.46. The van der Waals surface area contributed by atoms with E-state index in [0.29, 0.717) is 18.0 Å². The number of aryl methyl sites for hydroxylation is 1. The van der Waals surface area contributed by atoms with Gasteiger partial charge < -0.3 is 14.5 Å². The molecule has 144 valence electrons. The van der Waals surface area contributed by atoms with Crippen LogP contribution in [0.2, 0.25) is 0 Å². The molecule has 2 heterocycles. The van der Waals surface area contributed by atoms with Gasteiger partial charge in [-0.1, -0.05) is 31.9 Å². The van der Waals surface area contributed by atoms with Gasteiger partial charge in [-0.2, -0.15) is 5.10 Å². The molecule has 0 bridgehead atoms. The fourth-order valence-electron chi connectivity index (χ4n) is 3.46. The highest BCUT2D eigenvalue weighted by Gasteiger charge is 2.37. The Labute approximate surface area is 159 Å². The fraction of sp³-hybridized carbons (Fsp3) is 0.450. The summed E-state index contributed by atoms with van der Waals surface area (Å²) in [6, 6.07) is 9.14. The summed E-state index contributed by atoms with van der Waals surface area (Å²) in [7, 11) is 1.59. The normalized spacial score (nSPS) is 17.3. The Bertz CT molecular complexity index is 817. The lowest BCUT2D eigenvalue weighted by atomic mass is 10.0. The third-order valence-electron chi connectivity index (χ3n) is 4.89. The lowest BCUT2D eigenvalue weighted by Gasteiger charge is -2.41. The molecule has 1 saturated heterocycles. The number of methoxy groups -OCH3 is 1. The van der Waals surface area contributed by atoms with Gasteiger partial charge in [-0.15, -0.1) is 0 Å². The maximum atomic E-state index is 12.9. The third-order valence-corrected chi connectivity index (χ3v) is 4.89. The minimum absolute atomic E-state index is 0.0389. The van der Waals surface area contributed by atoms with E-state index in [4.69, 9.17) is 4.74 Å². The second-order valence-electron chi connectivity index (χ2n) is 6.84. The molecule has 7 heteroatoms. The van der Waals surface area contributed by atoms with E-state index in [-0.39, 0.29) is 24.4 Å². The summed E-state index contributed by atoms with van der Waals surface area (Å²) in [4.78, 5) is 29.2. The Morgan fingerprint density at radius 1 is 1.37 bits per heavy atom. The number of unbranched alkanes of at least 4 members (excludes halogenated alkanes) is 1. The molecule has 0 radical (unpaired) electrons. The molecule has 7 nitrogen and oxygen atoms in total. The maximum Gasteiger partial charge on any atom is 0.275 e. The number of H-pyrrole nitrogens is 1. The number of nitrogens with zero attached hydrogens (tertiary/aromatic N) is 3. The summed E-state index contributed by atoms with van der Waals surface area (Å²) < 4.78 is 5.42. The summed E-state index contributed by atoms with van der Waals surface area (Å²) >= 11 is 0. The van der Waals surface area contributed by atoms with Gasteiger partial charge in [0.25, 0.3) is 5.91 Å². The van der Waals surface area contributed by atoms with Gasteiger partial charge in [-0.25, -0.2) is 0 Å². The maximum absolute atomic E-state index is 12.9. The van der Waals surface area contributed by atoms with Crippen molar-refractivity contribution < 1.29 is 14.3 Å². The Morgan fingerprint density at radius 2 is 2.15 bits per heavy atom. The number of hydrogen-bond donors (Lipinski definition) is 1. The number of piperazine rings is 1. The highest BCUT2D eigenvalue weighted by Crippen LogP contribution is 2.31. The number of aromatic nitrogens is 2. The van der Waals surface area contributed by atoms with Crippen molar-refractivity contribution in [3.05, 3.63) is 41.7 Å². The molecule has 2 amide bonds. The number of ether oxygens (including phenoxy) is 1. The van der Waals surface area contributed by atoms with E-state index < -0.39 is 0 Å². The molecule has 0 aliphatic carbocycles. The van der Waals surface area contributed by atoms with E-state index in [1.807, 2.05) is 31.2 Å². The van der Waals surface area contributed by atoms with Gasteiger partial charge in [0.1, 0.15) is 18.0 Å². The fourth-order valence-corrected chi connectivity index (χ4v) is 3.46. The monoisotopic (exact) mass is 370 g/mol. The van der Waals surface area contributed by atoms with E-state index in [2.05, 4.69) is 17.1 Å². The van der Waals surface area contributed by atoms with Crippen LogP contribution in [0.3, 0.4) is 0 Å². The predicted octanol–water partition coefficient (Wildman–Crippen LogP) is 2.77. The lowest BCUT2D eigenvalue weighted by Crippen LogP contribution is -2.58. The molecule has 0 spiro atoms. The lowest BCUT2D eigenvalue weighted by molar-refractivity contribution is -0.121. The van der Waals surface area contributed by atoms with Gasteiger partial charge in [0.15, 0.2) is 0 Å². The largest absolute Gasteiger partial charge is 0.495 e. The average Bonchev–Trinajstić information content (AvgIpc) is 3.12. The van der Waals surface area contributed by atoms with Crippen LogP contribution >= 0.6 is 0 Å². The first kappa shape index (κ1) is 18.9. The molecule has 3 rings (SSSR count). The standard InChI is InChI=1S/C20H26N4O3/c1-4-5-8-15-12-24(17-9-6-7-10-18(17)27-3)19(25)13-23(15)20(26)16-11-14(2)21-22-16/h6-7,9-11,15H,4-5,8,12-13H2,1-3H3,(H,21,22)/t15-/m1/s1. The Balaban J connectivity index is 1.87. The van der Waals surface area contributed by atoms with Crippen LogP contribution in [0, 0.1) is 6.92 Å². The summed E-state index contributed by atoms with van der Waals surface area (Å²) in [5.41, 5.74) is 1.92. The summed E-state index contributed by atoms with van der Waals surface area (Å²) in [5, 5.41) is 6.87. The minimum atomic E-state index is -0.200. The molecule has 0 unspecified atom stereocenters. The highest BCUT2D eigenvalue weighted by molar-refractivity contribution is 6.02. The molecule has 1 N–H and O–H groups in total. The van der Waals surface area contributed by atoms with Crippen molar-refractivity contribution in [1.82, 2.24) is 15.1 Å². The van der Waals surface area contributed by atoms with Crippen LogP contribution in [-0.4, -0.2) is 53.2 Å². The number of carbonyl (C=O) groups excluding carboxylic acids is 2. The van der Waals surface area contributed by atoms with Crippen molar-refractivity contribution in [2.75, 3.05) is 25.1 Å². The van der Waals surface area contributed by atoms with Gasteiger partial charge in [-0.3, -0.25) is 14.7 Å². The SMILES string of the molecule is CCCC[C@@H]1CN(c2ccccc2OC)C(=O)CN1C(=O)c1cc(C)[nH]n1. The van der Waals surface area contributed by atoms with Crippen LogP contribution in [0.5, 0.6) is 5.75 Å². The van der Waals surface area contributed by atoms with Crippen molar-refractivity contribution in [2.45, 2.75) is 39.2 Å². The van der Waals surface area contributed by atoms with E-state index >= 15 is 0 Å². The molecule has 1 atom stereocenters. The molecular weight excluding hydrogens is 344 g/mol. The number of hydrogen-bond acceptors (Lipinski definition) is 4. The first-order chi connectivity index (χ1) is 13.0. The van der Waals surface area contributed by atoms with Crippen molar-refractivity contribution in [2.24, 2.45) is 0 Å². The van der Waals surface area contributed by atoms with E-state index in [1.54, 1.807) is 23.0 Å². The number of para-hydroxylation sites is 2. The van der Waals surface area contributed by atoms with E-state index in [9.17, 15) is 9.59 Å². The predicted molar refractivity (Wildman–Crippen MR) is 103 cm³/mol. The molecule has 1 aliphatic heterocycles. The zero-order valence-corrected chi connectivity index (χ0v) is 16.1. The van der Waals surface area contributed by atoms with Crippen LogP contribution in [0.15, 0.2) is 30.3 Å². The van der Waals surface area contributed by atoms with Crippen LogP contribution in [0.4, 0.5) is 5.69 Å². The quantitative estimate of drug-likeness (QED) is 0.848. The first-order valence-electron chi connectivity index (χ1n) is 9.31. The summed E-state index contributed by atoms with van der Waals surface area (Å²) in [5.74, 6) is 0.337. The molecule has 27 heavy (non-hydrogen) atoms. The van der Waals surface area contributed by atoms with Gasteiger partial charge in [-0.05, 0) is 31.5 Å². The second kappa shape index (κ2) is 8.24. The number of anilines is 1. The van der Waals surface area contributed by atoms with Gasteiger partial charge in [0.2, 0.25) is 5.91 Å². The molecular formula is C20H26N4O3. The first-order valence-corrected chi connectivity index (χ1v) is 9.31. The number of benzene rings is 1. The van der Waals surface area contributed by atoms with Gasteiger partial charge in [0, 0.05) is 12.2 Å². The zero-order valence-electron chi connectivity index (χ0n) is 16.1. The molecule has 1 fully saturated rings. The van der Waals surface area contributed by atoms with Crippen molar-refractivity contribution in [1.29, 1.82) is 0 Å². The van der Waals surface area contributed by atoms with Gasteiger partial charge >= 0.3 is 0 Å². The molecule has 0 saturated carbocycles. The highest BCUT2D eigenvalue weighted by atomic mass is 16.5. The Hall–Kier alpha value is -2.83. The van der Waals surface area contributed by atoms with E-state index in [0.717, 1.165) is 30.6 Å². The summed E-state index contributed by atoms with van der Waals surface area (Å²) in [6.07, 6.45) is 2.86. The zero-order chi connectivity index (χ0) is 19.4. The topological polar surface area (TPSA) is 78.5 Å².